The van der Waals surface area contributed by atoms with Crippen LogP contribution in [0, 0.1) is 18.3 Å². The molecular formula is C24H28N4O3. The lowest BCUT2D eigenvalue weighted by Gasteiger charge is -2.32. The highest BCUT2D eigenvalue weighted by atomic mass is 16.3. The number of nitrogens with one attached hydrogen (secondary N) is 2. The molecule has 1 saturated heterocycles. The number of amides is 3. The summed E-state index contributed by atoms with van der Waals surface area (Å²) in [4.78, 5) is 26.9. The second-order valence-electron chi connectivity index (χ2n) is 8.01. The summed E-state index contributed by atoms with van der Waals surface area (Å²) in [5.74, 6) is 0.329. The van der Waals surface area contributed by atoms with Crippen molar-refractivity contribution in [1.82, 2.24) is 10.2 Å². The Balaban J connectivity index is 1.61. The molecule has 7 heteroatoms. The molecule has 0 radical (unpaired) electrons. The molecule has 7 nitrogen and oxygen atoms in total. The number of urea groups is 1. The number of carbonyl (C=O) groups excluding carboxylic acids is 2. The van der Waals surface area contributed by atoms with Crippen LogP contribution < -0.4 is 10.6 Å². The number of anilines is 1. The first-order chi connectivity index (χ1) is 14.9. The molecular weight excluding hydrogens is 392 g/mol. The van der Waals surface area contributed by atoms with Gasteiger partial charge < -0.3 is 20.6 Å². The van der Waals surface area contributed by atoms with Crippen LogP contribution in [0.2, 0.25) is 0 Å². The van der Waals surface area contributed by atoms with Crippen molar-refractivity contribution < 1.29 is 14.7 Å². The second-order valence-corrected chi connectivity index (χ2v) is 8.01. The molecule has 1 aliphatic heterocycles. The largest absolute Gasteiger partial charge is 0.392 e. The van der Waals surface area contributed by atoms with Crippen molar-refractivity contribution in [3.05, 3.63) is 64.7 Å². The van der Waals surface area contributed by atoms with Crippen molar-refractivity contribution in [2.75, 3.05) is 25.0 Å². The molecule has 0 bridgehead atoms. The smallest absolute Gasteiger partial charge is 0.319 e. The van der Waals surface area contributed by atoms with E-state index in [-0.39, 0.29) is 12.5 Å². The summed E-state index contributed by atoms with van der Waals surface area (Å²) >= 11 is 0. The molecule has 1 fully saturated rings. The first kappa shape index (κ1) is 22.3. The van der Waals surface area contributed by atoms with Gasteiger partial charge in [-0.1, -0.05) is 18.2 Å². The van der Waals surface area contributed by atoms with E-state index < -0.39 is 12.1 Å². The van der Waals surface area contributed by atoms with Gasteiger partial charge in [-0.25, -0.2) is 4.79 Å². The molecule has 0 aromatic heterocycles. The van der Waals surface area contributed by atoms with E-state index in [0.717, 1.165) is 18.4 Å². The first-order valence-electron chi connectivity index (χ1n) is 10.5. The molecule has 1 atom stereocenters. The molecule has 3 rings (SSSR count). The van der Waals surface area contributed by atoms with Crippen LogP contribution in [0.25, 0.3) is 0 Å². The molecule has 162 valence electrons. The monoisotopic (exact) mass is 420 g/mol. The van der Waals surface area contributed by atoms with Gasteiger partial charge in [0.15, 0.2) is 0 Å². The van der Waals surface area contributed by atoms with Crippen LogP contribution in [-0.4, -0.2) is 47.7 Å². The summed E-state index contributed by atoms with van der Waals surface area (Å²) in [6, 6.07) is 14.7. The number of rotatable bonds is 5. The highest BCUT2D eigenvalue weighted by molar-refractivity contribution is 5.97. The van der Waals surface area contributed by atoms with Crippen molar-refractivity contribution in [3.63, 3.8) is 0 Å². The Hall–Kier alpha value is -3.37. The van der Waals surface area contributed by atoms with E-state index in [0.29, 0.717) is 35.8 Å². The standard InChI is InChI=1S/C24H28N4O3/c1-16-3-6-21(13-22(16)27-24(31)26-15-17(2)29)23(30)28-11-9-20(10-12-28)19-7-4-18(14-25)5-8-19/h3-8,13,17,20,29H,9-12,15H2,1-2H3,(H2,26,27,31). The number of likely N-dealkylation sites (tertiary alicyclic amines) is 1. The number of hydrogen-bond acceptors (Lipinski definition) is 4. The zero-order valence-electron chi connectivity index (χ0n) is 17.9. The van der Waals surface area contributed by atoms with Crippen LogP contribution in [-0.2, 0) is 0 Å². The minimum atomic E-state index is -0.632. The van der Waals surface area contributed by atoms with E-state index in [1.807, 2.05) is 42.2 Å². The van der Waals surface area contributed by atoms with Crippen molar-refractivity contribution in [2.24, 2.45) is 0 Å². The molecule has 1 aliphatic rings. The lowest BCUT2D eigenvalue weighted by molar-refractivity contribution is 0.0713. The zero-order chi connectivity index (χ0) is 22.4. The number of nitrogens with zero attached hydrogens (tertiary/aromatic N) is 2. The van der Waals surface area contributed by atoms with E-state index >= 15 is 0 Å². The van der Waals surface area contributed by atoms with Crippen molar-refractivity contribution >= 4 is 17.6 Å². The molecule has 2 aromatic carbocycles. The Bertz CT molecular complexity index is 971. The van der Waals surface area contributed by atoms with Crippen LogP contribution in [0.4, 0.5) is 10.5 Å². The summed E-state index contributed by atoms with van der Waals surface area (Å²) < 4.78 is 0. The molecule has 0 saturated carbocycles. The van der Waals surface area contributed by atoms with Gasteiger partial charge >= 0.3 is 6.03 Å². The Kier molecular flexibility index (Phi) is 7.27. The van der Waals surface area contributed by atoms with Gasteiger partial charge in [-0.15, -0.1) is 0 Å². The predicted molar refractivity (Wildman–Crippen MR) is 119 cm³/mol. The summed E-state index contributed by atoms with van der Waals surface area (Å²) in [6.45, 7) is 4.93. The fourth-order valence-corrected chi connectivity index (χ4v) is 3.72. The summed E-state index contributed by atoms with van der Waals surface area (Å²) in [5, 5.41) is 23.6. The number of piperidine rings is 1. The van der Waals surface area contributed by atoms with Gasteiger partial charge in [-0.05, 0) is 68.0 Å². The summed E-state index contributed by atoms with van der Waals surface area (Å²) in [7, 11) is 0. The average Bonchev–Trinajstić information content (AvgIpc) is 2.79. The van der Waals surface area contributed by atoms with E-state index in [2.05, 4.69) is 16.7 Å². The molecule has 3 N–H and O–H groups in total. The maximum atomic E-state index is 13.0. The number of aryl methyl sites for hydroxylation is 1. The van der Waals surface area contributed by atoms with Crippen LogP contribution in [0.5, 0.6) is 0 Å². The third-order valence-electron chi connectivity index (χ3n) is 5.58. The molecule has 31 heavy (non-hydrogen) atoms. The summed E-state index contributed by atoms with van der Waals surface area (Å²) in [6.07, 6.45) is 1.11. The Morgan fingerprint density at radius 2 is 1.87 bits per heavy atom. The number of aliphatic hydroxyl groups is 1. The van der Waals surface area contributed by atoms with Crippen LogP contribution in [0.15, 0.2) is 42.5 Å². The van der Waals surface area contributed by atoms with Crippen LogP contribution >= 0.6 is 0 Å². The fourth-order valence-electron chi connectivity index (χ4n) is 3.72. The highest BCUT2D eigenvalue weighted by Gasteiger charge is 2.25. The van der Waals surface area contributed by atoms with E-state index in [1.165, 1.54) is 5.56 Å². The van der Waals surface area contributed by atoms with Gasteiger partial charge in [0.2, 0.25) is 0 Å². The van der Waals surface area contributed by atoms with Gasteiger partial charge in [-0.2, -0.15) is 5.26 Å². The molecule has 2 aromatic rings. The number of nitriles is 1. The maximum absolute atomic E-state index is 13.0. The Morgan fingerprint density at radius 3 is 2.48 bits per heavy atom. The quantitative estimate of drug-likeness (QED) is 0.689. The minimum absolute atomic E-state index is 0.0503. The molecule has 1 heterocycles. The van der Waals surface area contributed by atoms with E-state index in [1.54, 1.807) is 19.1 Å². The van der Waals surface area contributed by atoms with Crippen LogP contribution in [0.3, 0.4) is 0 Å². The first-order valence-corrected chi connectivity index (χ1v) is 10.5. The topological polar surface area (TPSA) is 105 Å². The van der Waals surface area contributed by atoms with E-state index in [9.17, 15) is 14.7 Å². The lowest BCUT2D eigenvalue weighted by Crippen LogP contribution is -2.38. The molecule has 1 unspecified atom stereocenters. The van der Waals surface area contributed by atoms with Gasteiger partial charge in [0.05, 0.1) is 17.7 Å². The normalized spacial score (nSPS) is 15.1. The minimum Gasteiger partial charge on any atom is -0.392 e. The fraction of sp³-hybridized carbons (Fsp3) is 0.375. The number of hydrogen-bond donors (Lipinski definition) is 3. The number of aliphatic hydroxyl groups excluding tert-OH is 1. The predicted octanol–water partition coefficient (Wildman–Crippen LogP) is 3.39. The van der Waals surface area contributed by atoms with Crippen molar-refractivity contribution in [3.8, 4) is 6.07 Å². The van der Waals surface area contributed by atoms with Gasteiger partial charge in [0.25, 0.3) is 5.91 Å². The second kappa shape index (κ2) is 10.1. The molecule has 0 spiro atoms. The SMILES string of the molecule is Cc1ccc(C(=O)N2CCC(c3ccc(C#N)cc3)CC2)cc1NC(=O)NCC(C)O. The van der Waals surface area contributed by atoms with Gasteiger partial charge in [0.1, 0.15) is 0 Å². The van der Waals surface area contributed by atoms with Crippen molar-refractivity contribution in [1.29, 1.82) is 5.26 Å². The third kappa shape index (κ3) is 5.83. The zero-order valence-corrected chi connectivity index (χ0v) is 17.9. The molecule has 0 aliphatic carbocycles. The Morgan fingerprint density at radius 1 is 1.19 bits per heavy atom. The highest BCUT2D eigenvalue weighted by Crippen LogP contribution is 2.29. The van der Waals surface area contributed by atoms with E-state index in [4.69, 9.17) is 5.26 Å². The van der Waals surface area contributed by atoms with Crippen molar-refractivity contribution in [2.45, 2.75) is 38.7 Å². The van der Waals surface area contributed by atoms with Gasteiger partial charge in [0, 0.05) is 30.9 Å². The number of carbonyl (C=O) groups is 2. The maximum Gasteiger partial charge on any atom is 0.319 e. The Labute approximate surface area is 182 Å². The molecule has 3 amide bonds. The number of benzene rings is 2. The summed E-state index contributed by atoms with van der Waals surface area (Å²) in [5.41, 5.74) is 3.81. The lowest BCUT2D eigenvalue weighted by atomic mass is 9.89. The van der Waals surface area contributed by atoms with Gasteiger partial charge in [-0.3, -0.25) is 4.79 Å². The average molecular weight is 421 g/mol. The van der Waals surface area contributed by atoms with Crippen LogP contribution in [0.1, 0.15) is 52.7 Å². The third-order valence-corrected chi connectivity index (χ3v) is 5.58.